The highest BCUT2D eigenvalue weighted by Crippen LogP contribution is 2.23. The van der Waals surface area contributed by atoms with Crippen LogP contribution in [0.1, 0.15) is 32.6 Å². The summed E-state index contributed by atoms with van der Waals surface area (Å²) in [6.45, 7) is 1.73. The first-order valence-corrected chi connectivity index (χ1v) is 10.2. The van der Waals surface area contributed by atoms with Crippen molar-refractivity contribution < 1.29 is 15.0 Å². The molecule has 0 radical (unpaired) electrons. The summed E-state index contributed by atoms with van der Waals surface area (Å²) in [6, 6.07) is 15.7. The molecule has 0 aliphatic heterocycles. The van der Waals surface area contributed by atoms with Crippen LogP contribution in [0, 0.1) is 18.3 Å². The number of nitriles is 1. The Labute approximate surface area is 188 Å². The van der Waals surface area contributed by atoms with Crippen LogP contribution in [0.4, 0.5) is 5.69 Å². The number of carboxylic acid groups (broad SMARTS) is 1. The van der Waals surface area contributed by atoms with Gasteiger partial charge in [0.1, 0.15) is 11.6 Å². The van der Waals surface area contributed by atoms with Crippen LogP contribution < -0.4 is 5.56 Å². The molecule has 8 nitrogen and oxygen atoms in total. The second-order valence-electron chi connectivity index (χ2n) is 7.53. The zero-order valence-corrected chi connectivity index (χ0v) is 17.7. The highest BCUT2D eigenvalue weighted by atomic mass is 16.4. The van der Waals surface area contributed by atoms with Crippen molar-refractivity contribution in [2.75, 3.05) is 0 Å². The average Bonchev–Trinajstić information content (AvgIpc) is 3.22. The van der Waals surface area contributed by atoms with Gasteiger partial charge >= 0.3 is 5.97 Å². The Morgan fingerprint density at radius 2 is 2.03 bits per heavy atom. The van der Waals surface area contributed by atoms with Crippen LogP contribution in [-0.2, 0) is 13.0 Å². The van der Waals surface area contributed by atoms with Gasteiger partial charge in [-0.1, -0.05) is 24.3 Å². The number of benzene rings is 2. The van der Waals surface area contributed by atoms with E-state index in [1.165, 1.54) is 22.9 Å². The number of aromatic carboxylic acids is 1. The van der Waals surface area contributed by atoms with E-state index < -0.39 is 11.5 Å². The third-order valence-corrected chi connectivity index (χ3v) is 5.56. The summed E-state index contributed by atoms with van der Waals surface area (Å²) in [4.78, 5) is 31.5. The highest BCUT2D eigenvalue weighted by molar-refractivity contribution is 5.90. The van der Waals surface area contributed by atoms with Crippen molar-refractivity contribution in [2.24, 2.45) is 4.99 Å². The molecule has 0 atom stereocenters. The summed E-state index contributed by atoms with van der Waals surface area (Å²) in [5.41, 5.74) is 2.28. The molecule has 2 heterocycles. The van der Waals surface area contributed by atoms with E-state index in [0.29, 0.717) is 17.7 Å². The third kappa shape index (κ3) is 4.12. The smallest absolute Gasteiger partial charge is 0.335 e. The van der Waals surface area contributed by atoms with Crippen LogP contribution in [-0.4, -0.2) is 31.9 Å². The monoisotopic (exact) mass is 440 g/mol. The predicted molar refractivity (Wildman–Crippen MR) is 124 cm³/mol. The fourth-order valence-electron chi connectivity index (χ4n) is 3.76. The van der Waals surface area contributed by atoms with Gasteiger partial charge in [-0.3, -0.25) is 14.4 Å². The first-order chi connectivity index (χ1) is 15.9. The minimum absolute atomic E-state index is 0.0759. The first-order valence-electron chi connectivity index (χ1n) is 10.2. The lowest BCUT2D eigenvalue weighted by atomic mass is 10.1. The number of fused-ring (bicyclic) bond motifs is 1. The maximum absolute atomic E-state index is 12.9. The van der Waals surface area contributed by atoms with Gasteiger partial charge in [-0.2, -0.15) is 5.26 Å². The molecule has 0 aliphatic rings. The van der Waals surface area contributed by atoms with E-state index >= 15 is 0 Å². The second kappa shape index (κ2) is 8.85. The predicted octanol–water partition coefficient (Wildman–Crippen LogP) is 3.91. The number of nitrogens with zero attached hydrogens (tertiary/aromatic N) is 3. The van der Waals surface area contributed by atoms with Gasteiger partial charge in [0, 0.05) is 29.9 Å². The first kappa shape index (κ1) is 21.6. The lowest BCUT2D eigenvalue weighted by Crippen LogP contribution is -2.26. The fraction of sp³-hybridized carbons (Fsp3) is 0.120. The molecule has 0 amide bonds. The normalized spacial score (nSPS) is 11.2. The van der Waals surface area contributed by atoms with Crippen LogP contribution in [0.5, 0.6) is 5.88 Å². The fourth-order valence-corrected chi connectivity index (χ4v) is 3.76. The number of hydrogen-bond acceptors (Lipinski definition) is 5. The molecule has 0 spiro atoms. The van der Waals surface area contributed by atoms with E-state index in [4.69, 9.17) is 5.11 Å². The number of para-hydroxylation sites is 1. The zero-order valence-electron chi connectivity index (χ0n) is 17.7. The SMILES string of the molecule is Cc1c(C=Nc2cccc(C(=O)O)c2)c(O)n(CCc2c[nH]c3ccccc23)c(=O)c1C#N. The van der Waals surface area contributed by atoms with Gasteiger partial charge in [0.2, 0.25) is 5.88 Å². The lowest BCUT2D eigenvalue weighted by Gasteiger charge is -2.14. The Morgan fingerprint density at radius 3 is 2.79 bits per heavy atom. The number of H-pyrrole nitrogens is 1. The molecular weight excluding hydrogens is 420 g/mol. The largest absolute Gasteiger partial charge is 0.494 e. The zero-order chi connectivity index (χ0) is 23.5. The Hall–Kier alpha value is -4.64. The minimum Gasteiger partial charge on any atom is -0.494 e. The standard InChI is InChI=1S/C25H20N4O4/c1-15-20(12-26)23(30)29(10-9-17-13-28-22-8-3-2-7-19(17)22)24(31)21(15)14-27-18-6-4-5-16(11-18)25(32)33/h2-8,11,13-14,28,31H,9-10H2,1H3,(H,32,33). The summed E-state index contributed by atoms with van der Waals surface area (Å²) in [5, 5.41) is 30.6. The number of aliphatic imine (C=N–C) groups is 1. The van der Waals surface area contributed by atoms with E-state index in [9.17, 15) is 20.0 Å². The number of hydrogen-bond donors (Lipinski definition) is 3. The van der Waals surface area contributed by atoms with Gasteiger partial charge in [0.05, 0.1) is 16.8 Å². The highest BCUT2D eigenvalue weighted by Gasteiger charge is 2.18. The topological polar surface area (TPSA) is 131 Å². The van der Waals surface area contributed by atoms with Crippen molar-refractivity contribution in [1.82, 2.24) is 9.55 Å². The molecule has 0 saturated heterocycles. The minimum atomic E-state index is -1.08. The number of nitrogens with one attached hydrogen (secondary N) is 1. The number of rotatable bonds is 6. The second-order valence-corrected chi connectivity index (χ2v) is 7.53. The maximum atomic E-state index is 12.9. The molecule has 0 aliphatic carbocycles. The number of aromatic nitrogens is 2. The molecule has 3 N–H and O–H groups in total. The Morgan fingerprint density at radius 1 is 1.24 bits per heavy atom. The molecule has 0 saturated carbocycles. The summed E-state index contributed by atoms with van der Waals surface area (Å²) in [7, 11) is 0. The Bertz CT molecular complexity index is 1510. The molecule has 0 bridgehead atoms. The van der Waals surface area contributed by atoms with Crippen LogP contribution >= 0.6 is 0 Å². The van der Waals surface area contributed by atoms with Crippen LogP contribution in [0.2, 0.25) is 0 Å². The quantitative estimate of drug-likeness (QED) is 0.391. The number of carbonyl (C=O) groups is 1. The van der Waals surface area contributed by atoms with E-state index in [2.05, 4.69) is 9.98 Å². The van der Waals surface area contributed by atoms with Crippen LogP contribution in [0.15, 0.2) is 64.5 Å². The van der Waals surface area contributed by atoms with Crippen LogP contribution in [0.25, 0.3) is 10.9 Å². The Balaban J connectivity index is 1.72. The molecule has 2 aromatic carbocycles. The number of aryl methyl sites for hydroxylation is 1. The molecule has 164 valence electrons. The molecule has 0 unspecified atom stereocenters. The molecule has 33 heavy (non-hydrogen) atoms. The molecule has 4 aromatic rings. The van der Waals surface area contributed by atoms with Gasteiger partial charge in [0.25, 0.3) is 5.56 Å². The summed E-state index contributed by atoms with van der Waals surface area (Å²) in [6.07, 6.45) is 3.67. The average molecular weight is 440 g/mol. The van der Waals surface area contributed by atoms with Crippen molar-refractivity contribution in [3.8, 4) is 11.9 Å². The molecule has 2 aromatic heterocycles. The summed E-state index contributed by atoms with van der Waals surface area (Å²) in [5.74, 6) is -1.38. The van der Waals surface area contributed by atoms with E-state index in [1.807, 2.05) is 36.5 Å². The molecule has 8 heteroatoms. The van der Waals surface area contributed by atoms with Gasteiger partial charge in [0.15, 0.2) is 0 Å². The van der Waals surface area contributed by atoms with Crippen molar-refractivity contribution >= 4 is 28.8 Å². The summed E-state index contributed by atoms with van der Waals surface area (Å²) >= 11 is 0. The van der Waals surface area contributed by atoms with Crippen LogP contribution in [0.3, 0.4) is 0 Å². The van der Waals surface area contributed by atoms with Crippen molar-refractivity contribution in [3.05, 3.63) is 92.9 Å². The molecular formula is C25H20N4O4. The number of pyridine rings is 1. The number of aromatic hydroxyl groups is 1. The van der Waals surface area contributed by atoms with Gasteiger partial charge in [-0.15, -0.1) is 0 Å². The Kier molecular flexibility index (Phi) is 5.79. The van der Waals surface area contributed by atoms with E-state index in [0.717, 1.165) is 16.5 Å². The van der Waals surface area contributed by atoms with Gasteiger partial charge in [-0.25, -0.2) is 4.79 Å². The van der Waals surface area contributed by atoms with Gasteiger partial charge < -0.3 is 15.2 Å². The van der Waals surface area contributed by atoms with E-state index in [-0.39, 0.29) is 29.1 Å². The van der Waals surface area contributed by atoms with Crippen molar-refractivity contribution in [1.29, 1.82) is 5.26 Å². The third-order valence-electron chi connectivity index (χ3n) is 5.56. The van der Waals surface area contributed by atoms with E-state index in [1.54, 1.807) is 19.1 Å². The van der Waals surface area contributed by atoms with Crippen molar-refractivity contribution in [2.45, 2.75) is 19.9 Å². The number of carboxylic acids is 1. The van der Waals surface area contributed by atoms with Gasteiger partial charge in [-0.05, 0) is 48.7 Å². The summed E-state index contributed by atoms with van der Waals surface area (Å²) < 4.78 is 1.17. The lowest BCUT2D eigenvalue weighted by molar-refractivity contribution is 0.0697. The molecule has 0 fully saturated rings. The number of aromatic amines is 1. The maximum Gasteiger partial charge on any atom is 0.335 e. The van der Waals surface area contributed by atoms with Crippen molar-refractivity contribution in [3.63, 3.8) is 0 Å². The molecule has 4 rings (SSSR count).